The highest BCUT2D eigenvalue weighted by Gasteiger charge is 2.59. The smallest absolute Gasteiger partial charge is 0.123 e. The van der Waals surface area contributed by atoms with E-state index < -0.39 is 6.10 Å². The average molecular weight is 234 g/mol. The molecule has 0 unspecified atom stereocenters. The summed E-state index contributed by atoms with van der Waals surface area (Å²) in [6, 6.07) is 6.41. The fraction of sp³-hybridized carbons (Fsp3) is 0.600. The van der Waals surface area contributed by atoms with E-state index in [0.29, 0.717) is 23.2 Å². The molecule has 2 bridgehead atoms. The van der Waals surface area contributed by atoms with E-state index in [9.17, 15) is 9.50 Å². The van der Waals surface area contributed by atoms with Crippen LogP contribution < -0.4 is 0 Å². The van der Waals surface area contributed by atoms with Gasteiger partial charge in [0, 0.05) is 0 Å². The lowest BCUT2D eigenvalue weighted by Gasteiger charge is -2.36. The minimum atomic E-state index is -0.505. The summed E-state index contributed by atoms with van der Waals surface area (Å²) in [6.07, 6.45) is 1.95. The maximum atomic E-state index is 13.2. The Bertz CT molecular complexity index is 436. The Balaban J connectivity index is 1.86. The quantitative estimate of drug-likeness (QED) is 0.829. The highest BCUT2D eigenvalue weighted by atomic mass is 19.1. The van der Waals surface area contributed by atoms with Crippen LogP contribution in [0.4, 0.5) is 4.39 Å². The summed E-state index contributed by atoms with van der Waals surface area (Å²) in [7, 11) is 0. The Morgan fingerprint density at radius 2 is 2.12 bits per heavy atom. The second-order valence-corrected chi connectivity index (χ2v) is 6.19. The summed E-state index contributed by atoms with van der Waals surface area (Å²) < 4.78 is 13.2. The van der Waals surface area contributed by atoms with Crippen LogP contribution in [0.3, 0.4) is 0 Å². The molecule has 0 aromatic heterocycles. The van der Waals surface area contributed by atoms with E-state index >= 15 is 0 Å². The van der Waals surface area contributed by atoms with Gasteiger partial charge in [0.1, 0.15) is 5.82 Å². The van der Waals surface area contributed by atoms with Gasteiger partial charge in [-0.2, -0.15) is 0 Å². The fourth-order valence-electron chi connectivity index (χ4n) is 4.10. The second kappa shape index (κ2) is 3.55. The van der Waals surface area contributed by atoms with E-state index in [2.05, 4.69) is 13.8 Å². The predicted octanol–water partition coefficient (Wildman–Crippen LogP) is 3.54. The average Bonchev–Trinajstić information content (AvgIpc) is 2.63. The summed E-state index contributed by atoms with van der Waals surface area (Å²) in [5.41, 5.74) is 1.15. The Kier molecular flexibility index (Phi) is 2.34. The normalized spacial score (nSPS) is 41.1. The number of hydrogen-bond donors (Lipinski definition) is 1. The third-order valence-electron chi connectivity index (χ3n) is 5.23. The summed E-state index contributed by atoms with van der Waals surface area (Å²) in [4.78, 5) is 0. The largest absolute Gasteiger partial charge is 0.388 e. The molecule has 1 aromatic carbocycles. The number of halogens is 1. The van der Waals surface area contributed by atoms with Gasteiger partial charge in [-0.1, -0.05) is 26.0 Å². The lowest BCUT2D eigenvalue weighted by Crippen LogP contribution is -2.27. The molecule has 3 fully saturated rings. The van der Waals surface area contributed by atoms with Crippen molar-refractivity contribution in [1.82, 2.24) is 0 Å². The van der Waals surface area contributed by atoms with Crippen LogP contribution in [0.15, 0.2) is 24.3 Å². The summed E-state index contributed by atoms with van der Waals surface area (Å²) in [5, 5.41) is 10.5. The zero-order chi connectivity index (χ0) is 12.2. The van der Waals surface area contributed by atoms with Crippen molar-refractivity contribution in [2.24, 2.45) is 23.2 Å². The van der Waals surface area contributed by atoms with Crippen LogP contribution in [0.25, 0.3) is 0 Å². The molecular formula is C15H19FO. The predicted molar refractivity (Wildman–Crippen MR) is 64.8 cm³/mol. The molecule has 17 heavy (non-hydrogen) atoms. The molecule has 3 aliphatic rings. The standard InChI is InChI=1S/C15H19FO/c1-9-13(11-7-15(9,2)8-11)14(17)10-4-3-5-12(16)6-10/h3-6,9,11,13-14,17H,7-8H2,1-2H3/t9-,11?,13+,14+,15?/m1/s1. The Morgan fingerprint density at radius 3 is 2.65 bits per heavy atom. The highest BCUT2D eigenvalue weighted by molar-refractivity contribution is 5.22. The van der Waals surface area contributed by atoms with Gasteiger partial charge in [-0.15, -0.1) is 0 Å². The molecular weight excluding hydrogens is 215 g/mol. The summed E-state index contributed by atoms with van der Waals surface area (Å²) in [5.74, 6) is 1.21. The number of benzene rings is 1. The van der Waals surface area contributed by atoms with Crippen LogP contribution in [-0.2, 0) is 0 Å². The molecule has 1 aromatic rings. The molecule has 2 heteroatoms. The number of fused-ring (bicyclic) bond motifs is 1. The third kappa shape index (κ3) is 1.54. The Hall–Kier alpha value is -0.890. The van der Waals surface area contributed by atoms with E-state index in [1.807, 2.05) is 6.07 Å². The van der Waals surface area contributed by atoms with Gasteiger partial charge in [-0.05, 0) is 53.7 Å². The second-order valence-electron chi connectivity index (χ2n) is 6.19. The Labute approximate surface area is 102 Å². The van der Waals surface area contributed by atoms with Gasteiger partial charge in [0.15, 0.2) is 0 Å². The molecule has 3 saturated carbocycles. The first kappa shape index (κ1) is 11.2. The number of aliphatic hydroxyl groups is 1. The maximum absolute atomic E-state index is 13.2. The molecule has 3 atom stereocenters. The molecule has 1 N–H and O–H groups in total. The minimum absolute atomic E-state index is 0.259. The van der Waals surface area contributed by atoms with E-state index in [-0.39, 0.29) is 5.82 Å². The number of hydrogen-bond acceptors (Lipinski definition) is 1. The monoisotopic (exact) mass is 234 g/mol. The summed E-state index contributed by atoms with van der Waals surface area (Å²) in [6.45, 7) is 4.55. The van der Waals surface area contributed by atoms with Gasteiger partial charge in [0.2, 0.25) is 0 Å². The molecule has 3 aliphatic carbocycles. The molecule has 1 nitrogen and oxygen atoms in total. The topological polar surface area (TPSA) is 20.2 Å². The lowest BCUT2D eigenvalue weighted by atomic mass is 9.69. The number of aliphatic hydroxyl groups excluding tert-OH is 1. The van der Waals surface area contributed by atoms with Crippen molar-refractivity contribution in [2.45, 2.75) is 32.8 Å². The van der Waals surface area contributed by atoms with Crippen molar-refractivity contribution in [3.05, 3.63) is 35.6 Å². The minimum Gasteiger partial charge on any atom is -0.388 e. The van der Waals surface area contributed by atoms with Crippen molar-refractivity contribution < 1.29 is 9.50 Å². The van der Waals surface area contributed by atoms with Crippen LogP contribution in [0.5, 0.6) is 0 Å². The molecule has 0 spiro atoms. The SMILES string of the molecule is C[C@@H]1[C@H]([C@@H](O)c2cccc(F)c2)C2CC1(C)C2. The van der Waals surface area contributed by atoms with Crippen molar-refractivity contribution in [2.75, 3.05) is 0 Å². The van der Waals surface area contributed by atoms with Crippen molar-refractivity contribution in [3.63, 3.8) is 0 Å². The number of rotatable bonds is 2. The van der Waals surface area contributed by atoms with Crippen LogP contribution in [0.1, 0.15) is 38.4 Å². The maximum Gasteiger partial charge on any atom is 0.123 e. The molecule has 0 heterocycles. The van der Waals surface area contributed by atoms with E-state index in [0.717, 1.165) is 5.56 Å². The first-order valence-electron chi connectivity index (χ1n) is 6.45. The van der Waals surface area contributed by atoms with Crippen molar-refractivity contribution in [3.8, 4) is 0 Å². The van der Waals surface area contributed by atoms with Gasteiger partial charge >= 0.3 is 0 Å². The van der Waals surface area contributed by atoms with Gasteiger partial charge in [-0.25, -0.2) is 4.39 Å². The van der Waals surface area contributed by atoms with Crippen LogP contribution in [-0.4, -0.2) is 5.11 Å². The van der Waals surface area contributed by atoms with E-state index in [1.165, 1.54) is 25.0 Å². The van der Waals surface area contributed by atoms with Crippen LogP contribution in [0, 0.1) is 29.0 Å². The fourth-order valence-corrected chi connectivity index (χ4v) is 4.10. The highest BCUT2D eigenvalue weighted by Crippen LogP contribution is 2.67. The first-order chi connectivity index (χ1) is 8.01. The molecule has 92 valence electrons. The summed E-state index contributed by atoms with van der Waals surface area (Å²) >= 11 is 0. The zero-order valence-corrected chi connectivity index (χ0v) is 10.4. The van der Waals surface area contributed by atoms with Gasteiger partial charge in [0.05, 0.1) is 6.10 Å². The molecule has 0 radical (unpaired) electrons. The van der Waals surface area contributed by atoms with Crippen molar-refractivity contribution >= 4 is 0 Å². The lowest BCUT2D eigenvalue weighted by molar-refractivity contribution is 0.0750. The zero-order valence-electron chi connectivity index (χ0n) is 10.4. The van der Waals surface area contributed by atoms with Crippen molar-refractivity contribution in [1.29, 1.82) is 0 Å². The molecule has 4 rings (SSSR count). The van der Waals surface area contributed by atoms with Gasteiger partial charge in [0.25, 0.3) is 0 Å². The third-order valence-corrected chi connectivity index (χ3v) is 5.23. The first-order valence-corrected chi connectivity index (χ1v) is 6.45. The van der Waals surface area contributed by atoms with Gasteiger partial charge in [-0.3, -0.25) is 0 Å². The van der Waals surface area contributed by atoms with E-state index in [4.69, 9.17) is 0 Å². The molecule has 0 amide bonds. The van der Waals surface area contributed by atoms with Crippen LogP contribution >= 0.6 is 0 Å². The van der Waals surface area contributed by atoms with E-state index in [1.54, 1.807) is 6.07 Å². The van der Waals surface area contributed by atoms with Crippen LogP contribution in [0.2, 0.25) is 0 Å². The molecule has 0 aliphatic heterocycles. The van der Waals surface area contributed by atoms with Gasteiger partial charge < -0.3 is 5.11 Å². The Morgan fingerprint density at radius 1 is 1.41 bits per heavy atom. The molecule has 0 saturated heterocycles.